The molecule has 2 rings (SSSR count). The van der Waals surface area contributed by atoms with Crippen LogP contribution in [0.5, 0.6) is 0 Å². The summed E-state index contributed by atoms with van der Waals surface area (Å²) in [6.45, 7) is 4.46. The number of carbonyl (C=O) groups excluding carboxylic acids is 1. The second-order valence-corrected chi connectivity index (χ2v) is 6.11. The quantitative estimate of drug-likeness (QED) is 0.617. The molecule has 0 amide bonds. The van der Waals surface area contributed by atoms with Gasteiger partial charge in [-0.15, -0.1) is 0 Å². The molecule has 0 spiro atoms. The van der Waals surface area contributed by atoms with Gasteiger partial charge < -0.3 is 9.84 Å². The third-order valence-electron chi connectivity index (χ3n) is 4.73. The molecule has 108 valence electrons. The molecule has 0 aromatic heterocycles. The smallest absolute Gasteiger partial charge is 0.309 e. The Morgan fingerprint density at radius 2 is 2.16 bits per heavy atom. The second-order valence-electron chi connectivity index (χ2n) is 6.11. The summed E-state index contributed by atoms with van der Waals surface area (Å²) in [5.74, 6) is 0.716. The van der Waals surface area contributed by atoms with Crippen molar-refractivity contribution in [3.8, 4) is 0 Å². The first-order chi connectivity index (χ1) is 9.15. The number of allylic oxidation sites excluding steroid dienone is 1. The normalized spacial score (nSPS) is 36.4. The number of hydrogen-bond donors (Lipinski definition) is 1. The summed E-state index contributed by atoms with van der Waals surface area (Å²) >= 11 is 0. The zero-order valence-electron chi connectivity index (χ0n) is 12.1. The molecule has 1 aliphatic carbocycles. The predicted octanol–water partition coefficient (Wildman–Crippen LogP) is 3.07. The van der Waals surface area contributed by atoms with Crippen LogP contribution >= 0.6 is 0 Å². The van der Waals surface area contributed by atoms with Crippen LogP contribution in [0.2, 0.25) is 0 Å². The summed E-state index contributed by atoms with van der Waals surface area (Å²) in [5, 5.41) is 9.44. The first kappa shape index (κ1) is 14.6. The monoisotopic (exact) mass is 266 g/mol. The van der Waals surface area contributed by atoms with Gasteiger partial charge in [-0.25, -0.2) is 0 Å². The van der Waals surface area contributed by atoms with Crippen molar-refractivity contribution in [2.45, 2.75) is 58.5 Å². The Morgan fingerprint density at radius 3 is 2.84 bits per heavy atom. The largest absolute Gasteiger partial charge is 0.458 e. The van der Waals surface area contributed by atoms with Gasteiger partial charge in [0.05, 0.1) is 5.92 Å². The lowest BCUT2D eigenvalue weighted by molar-refractivity contribution is -0.143. The molecule has 1 N–H and O–H groups in total. The number of rotatable bonds is 2. The van der Waals surface area contributed by atoms with Crippen LogP contribution in [-0.4, -0.2) is 23.8 Å². The molecule has 2 aliphatic rings. The summed E-state index contributed by atoms with van der Waals surface area (Å²) < 4.78 is 5.56. The number of fused-ring (bicyclic) bond motifs is 1. The number of aliphatic hydroxyl groups excluding tert-OH is 1. The molecule has 1 aliphatic heterocycles. The number of aliphatic hydroxyl groups is 1. The summed E-state index contributed by atoms with van der Waals surface area (Å²) in [6.07, 6.45) is 8.25. The van der Waals surface area contributed by atoms with E-state index in [2.05, 4.69) is 19.9 Å². The van der Waals surface area contributed by atoms with Gasteiger partial charge in [-0.05, 0) is 57.4 Å². The molecule has 3 heteroatoms. The molecule has 1 unspecified atom stereocenters. The van der Waals surface area contributed by atoms with Crippen molar-refractivity contribution < 1.29 is 14.6 Å². The fourth-order valence-corrected chi connectivity index (χ4v) is 3.49. The van der Waals surface area contributed by atoms with Crippen LogP contribution in [0.15, 0.2) is 11.6 Å². The molecule has 0 aromatic rings. The lowest BCUT2D eigenvalue weighted by atomic mass is 9.80. The standard InChI is InChI=1S/C16H26O3/c1-3-13-14-8-7-12(10-17)6-4-5-11(2)9-15(14)19-16(13)18/h9,12-15,17H,3-8,10H2,1-2H3/t12?,13-,14-,15+/m0/s1. The Bertz CT molecular complexity index is 348. The average Bonchev–Trinajstić information content (AvgIpc) is 2.68. The molecule has 0 aromatic carbocycles. The second kappa shape index (κ2) is 6.56. The van der Waals surface area contributed by atoms with Crippen LogP contribution in [0.3, 0.4) is 0 Å². The molecule has 0 bridgehead atoms. The lowest BCUT2D eigenvalue weighted by Crippen LogP contribution is -2.22. The van der Waals surface area contributed by atoms with Gasteiger partial charge in [-0.3, -0.25) is 4.79 Å². The van der Waals surface area contributed by atoms with E-state index in [9.17, 15) is 9.90 Å². The topological polar surface area (TPSA) is 46.5 Å². The number of carbonyl (C=O) groups is 1. The van der Waals surface area contributed by atoms with Gasteiger partial charge in [0, 0.05) is 12.5 Å². The van der Waals surface area contributed by atoms with Crippen LogP contribution in [0, 0.1) is 17.8 Å². The lowest BCUT2D eigenvalue weighted by Gasteiger charge is -2.23. The van der Waals surface area contributed by atoms with Gasteiger partial charge in [0.15, 0.2) is 0 Å². The van der Waals surface area contributed by atoms with E-state index >= 15 is 0 Å². The van der Waals surface area contributed by atoms with Crippen molar-refractivity contribution in [1.29, 1.82) is 0 Å². The Morgan fingerprint density at radius 1 is 1.37 bits per heavy atom. The molecule has 3 nitrogen and oxygen atoms in total. The van der Waals surface area contributed by atoms with E-state index in [0.29, 0.717) is 11.8 Å². The van der Waals surface area contributed by atoms with Gasteiger partial charge >= 0.3 is 5.97 Å². The molecule has 0 radical (unpaired) electrons. The minimum Gasteiger partial charge on any atom is -0.458 e. The van der Waals surface area contributed by atoms with Crippen LogP contribution in [-0.2, 0) is 9.53 Å². The van der Waals surface area contributed by atoms with E-state index in [1.54, 1.807) is 0 Å². The Hall–Kier alpha value is -0.830. The predicted molar refractivity (Wildman–Crippen MR) is 74.6 cm³/mol. The van der Waals surface area contributed by atoms with Crippen molar-refractivity contribution in [3.63, 3.8) is 0 Å². The van der Waals surface area contributed by atoms with Gasteiger partial charge in [0.2, 0.25) is 0 Å². The van der Waals surface area contributed by atoms with Gasteiger partial charge in [-0.1, -0.05) is 12.5 Å². The number of esters is 1. The molecule has 0 saturated carbocycles. The minimum atomic E-state index is -0.0325. The fourth-order valence-electron chi connectivity index (χ4n) is 3.49. The Labute approximate surface area is 116 Å². The van der Waals surface area contributed by atoms with Crippen molar-refractivity contribution in [3.05, 3.63) is 11.6 Å². The van der Waals surface area contributed by atoms with Crippen molar-refractivity contribution in [1.82, 2.24) is 0 Å². The highest BCUT2D eigenvalue weighted by atomic mass is 16.6. The van der Waals surface area contributed by atoms with E-state index in [1.807, 2.05) is 0 Å². The maximum atomic E-state index is 11.9. The van der Waals surface area contributed by atoms with E-state index < -0.39 is 0 Å². The first-order valence-corrected chi connectivity index (χ1v) is 7.64. The minimum absolute atomic E-state index is 0.0265. The molecule has 1 fully saturated rings. The van der Waals surface area contributed by atoms with Gasteiger partial charge in [0.25, 0.3) is 0 Å². The molecule has 1 saturated heterocycles. The molecule has 4 atom stereocenters. The Balaban J connectivity index is 2.17. The third kappa shape index (κ3) is 3.38. The highest BCUT2D eigenvalue weighted by Gasteiger charge is 2.42. The number of hydrogen-bond acceptors (Lipinski definition) is 3. The maximum Gasteiger partial charge on any atom is 0.309 e. The highest BCUT2D eigenvalue weighted by molar-refractivity contribution is 5.75. The van der Waals surface area contributed by atoms with Gasteiger partial charge in [0.1, 0.15) is 6.10 Å². The summed E-state index contributed by atoms with van der Waals surface area (Å²) in [7, 11) is 0. The molecular formula is C16H26O3. The number of ether oxygens (including phenoxy) is 1. The Kier molecular flexibility index (Phi) is 5.03. The third-order valence-corrected chi connectivity index (χ3v) is 4.73. The van der Waals surface area contributed by atoms with Crippen molar-refractivity contribution in [2.24, 2.45) is 17.8 Å². The first-order valence-electron chi connectivity index (χ1n) is 7.64. The van der Waals surface area contributed by atoms with E-state index in [0.717, 1.165) is 38.5 Å². The summed E-state index contributed by atoms with van der Waals surface area (Å²) in [6, 6.07) is 0. The van der Waals surface area contributed by atoms with Crippen LogP contribution in [0.1, 0.15) is 52.4 Å². The highest BCUT2D eigenvalue weighted by Crippen LogP contribution is 2.37. The molecule has 1 heterocycles. The molecular weight excluding hydrogens is 240 g/mol. The van der Waals surface area contributed by atoms with Crippen molar-refractivity contribution >= 4 is 5.97 Å². The van der Waals surface area contributed by atoms with Crippen LogP contribution < -0.4 is 0 Å². The van der Waals surface area contributed by atoms with Gasteiger partial charge in [-0.2, -0.15) is 0 Å². The van der Waals surface area contributed by atoms with E-state index in [-0.39, 0.29) is 24.6 Å². The summed E-state index contributed by atoms with van der Waals surface area (Å²) in [5.41, 5.74) is 1.32. The van der Waals surface area contributed by atoms with E-state index in [1.165, 1.54) is 5.57 Å². The zero-order valence-corrected chi connectivity index (χ0v) is 12.1. The SMILES string of the molecule is CC[C@@H]1C(=O)O[C@@H]2C=C(C)CCCC(CO)CC[C@@H]12. The maximum absolute atomic E-state index is 11.9. The molecule has 19 heavy (non-hydrogen) atoms. The van der Waals surface area contributed by atoms with Crippen LogP contribution in [0.25, 0.3) is 0 Å². The van der Waals surface area contributed by atoms with Crippen LogP contribution in [0.4, 0.5) is 0 Å². The van der Waals surface area contributed by atoms with E-state index in [4.69, 9.17) is 4.74 Å². The summed E-state index contributed by atoms with van der Waals surface area (Å²) in [4.78, 5) is 11.9. The fraction of sp³-hybridized carbons (Fsp3) is 0.812. The average molecular weight is 266 g/mol. The zero-order chi connectivity index (χ0) is 13.8. The van der Waals surface area contributed by atoms with Crippen molar-refractivity contribution in [2.75, 3.05) is 6.61 Å².